The van der Waals surface area contributed by atoms with E-state index in [4.69, 9.17) is 9.47 Å². The van der Waals surface area contributed by atoms with E-state index in [1.165, 1.54) is 37.4 Å². The lowest BCUT2D eigenvalue weighted by atomic mass is 10.1. The first-order valence-electron chi connectivity index (χ1n) is 10.4. The number of esters is 2. The number of ether oxygens (including phenoxy) is 2. The maximum absolute atomic E-state index is 12.5. The van der Waals surface area contributed by atoms with Crippen molar-refractivity contribution in [3.05, 3.63) is 79.5 Å². The molecule has 0 radical (unpaired) electrons. The highest BCUT2D eigenvalue weighted by Crippen LogP contribution is 2.13. The molecule has 34 heavy (non-hydrogen) atoms. The number of rotatable bonds is 11. The molecule has 0 saturated heterocycles. The van der Waals surface area contributed by atoms with Crippen LogP contribution in [0.15, 0.2) is 51.3 Å². The van der Waals surface area contributed by atoms with E-state index in [0.717, 1.165) is 4.57 Å². The lowest BCUT2D eigenvalue weighted by Crippen LogP contribution is -2.54. The fourth-order valence-corrected chi connectivity index (χ4v) is 2.91. The molecular formula is C22H27N3O9. The molecule has 0 bridgehead atoms. The lowest BCUT2D eigenvalue weighted by Gasteiger charge is -2.15. The minimum atomic E-state index is -1.47. The minimum absolute atomic E-state index is 0.0908. The SMILES string of the molecule is C=CCn1c(=O)n(C)c(=O)n(CC(O)COC(=O)c2ccccc2C(=O)OCC(O)CC)c1=O. The van der Waals surface area contributed by atoms with Gasteiger partial charge in [-0.25, -0.2) is 37.7 Å². The molecule has 2 N–H and O–H groups in total. The molecule has 1 aromatic heterocycles. The number of carbonyl (C=O) groups excluding carboxylic acids is 2. The predicted octanol–water partition coefficient (Wildman–Crippen LogP) is -0.960. The van der Waals surface area contributed by atoms with Crippen LogP contribution in [0.4, 0.5) is 0 Å². The fraction of sp³-hybridized carbons (Fsp3) is 0.409. The number of benzene rings is 1. The summed E-state index contributed by atoms with van der Waals surface area (Å²) < 4.78 is 12.2. The summed E-state index contributed by atoms with van der Waals surface area (Å²) in [7, 11) is 1.18. The zero-order chi connectivity index (χ0) is 25.4. The van der Waals surface area contributed by atoms with E-state index in [-0.39, 0.29) is 24.3 Å². The molecule has 0 aliphatic heterocycles. The second-order valence-corrected chi connectivity index (χ2v) is 7.38. The monoisotopic (exact) mass is 477 g/mol. The Balaban J connectivity index is 2.13. The van der Waals surface area contributed by atoms with Crippen LogP contribution in [0, 0.1) is 0 Å². The van der Waals surface area contributed by atoms with Crippen molar-refractivity contribution in [2.24, 2.45) is 7.05 Å². The molecule has 1 aromatic carbocycles. The van der Waals surface area contributed by atoms with Gasteiger partial charge in [0.25, 0.3) is 0 Å². The van der Waals surface area contributed by atoms with Crippen LogP contribution < -0.4 is 17.1 Å². The Bertz CT molecular complexity index is 1230. The van der Waals surface area contributed by atoms with Gasteiger partial charge in [0.2, 0.25) is 0 Å². The van der Waals surface area contributed by atoms with Gasteiger partial charge in [-0.3, -0.25) is 0 Å². The molecule has 0 saturated carbocycles. The third-order valence-corrected chi connectivity index (χ3v) is 4.85. The number of hydrogen-bond acceptors (Lipinski definition) is 9. The van der Waals surface area contributed by atoms with Gasteiger partial charge >= 0.3 is 29.0 Å². The molecule has 0 aliphatic rings. The molecule has 12 nitrogen and oxygen atoms in total. The van der Waals surface area contributed by atoms with Crippen molar-refractivity contribution in [3.8, 4) is 0 Å². The van der Waals surface area contributed by atoms with Gasteiger partial charge in [0.05, 0.1) is 30.3 Å². The summed E-state index contributed by atoms with van der Waals surface area (Å²) in [4.78, 5) is 61.7. The van der Waals surface area contributed by atoms with Crippen LogP contribution in [0.5, 0.6) is 0 Å². The zero-order valence-corrected chi connectivity index (χ0v) is 18.9. The molecule has 0 amide bonds. The molecule has 0 aliphatic carbocycles. The topological polar surface area (TPSA) is 159 Å². The second kappa shape index (κ2) is 11.9. The van der Waals surface area contributed by atoms with Crippen LogP contribution in [0.25, 0.3) is 0 Å². The van der Waals surface area contributed by atoms with Gasteiger partial charge in [-0.15, -0.1) is 6.58 Å². The average Bonchev–Trinajstić information content (AvgIpc) is 2.84. The number of aliphatic hydroxyl groups excluding tert-OH is 2. The Kier molecular flexibility index (Phi) is 9.27. The van der Waals surface area contributed by atoms with Crippen molar-refractivity contribution in [2.45, 2.75) is 38.6 Å². The largest absolute Gasteiger partial charge is 0.459 e. The van der Waals surface area contributed by atoms with E-state index >= 15 is 0 Å². The zero-order valence-electron chi connectivity index (χ0n) is 18.9. The Labute approximate surface area is 193 Å². The van der Waals surface area contributed by atoms with Crippen molar-refractivity contribution in [3.63, 3.8) is 0 Å². The molecule has 0 fully saturated rings. The number of allylic oxidation sites excluding steroid dienone is 1. The highest BCUT2D eigenvalue weighted by atomic mass is 16.5. The van der Waals surface area contributed by atoms with Gasteiger partial charge in [-0.05, 0) is 18.6 Å². The first kappa shape index (κ1) is 26.5. The van der Waals surface area contributed by atoms with Gasteiger partial charge in [0, 0.05) is 7.05 Å². The normalized spacial score (nSPS) is 12.6. The number of aromatic nitrogens is 3. The fourth-order valence-electron chi connectivity index (χ4n) is 2.91. The van der Waals surface area contributed by atoms with E-state index < -0.39 is 54.4 Å². The summed E-state index contributed by atoms with van der Waals surface area (Å²) in [5.74, 6) is -1.78. The molecular weight excluding hydrogens is 450 g/mol. The molecule has 12 heteroatoms. The Hall–Kier alpha value is -3.77. The Morgan fingerprint density at radius 1 is 0.941 bits per heavy atom. The third kappa shape index (κ3) is 6.17. The molecule has 184 valence electrons. The van der Waals surface area contributed by atoms with Gasteiger partial charge in [0.15, 0.2) is 0 Å². The quantitative estimate of drug-likeness (QED) is 0.307. The highest BCUT2D eigenvalue weighted by molar-refractivity contribution is 6.03. The van der Waals surface area contributed by atoms with Crippen LogP contribution in [-0.2, 0) is 29.6 Å². The summed E-state index contributed by atoms with van der Waals surface area (Å²) >= 11 is 0. The summed E-state index contributed by atoms with van der Waals surface area (Å²) in [6, 6.07) is 5.68. The second-order valence-electron chi connectivity index (χ2n) is 7.38. The summed E-state index contributed by atoms with van der Waals surface area (Å²) in [5, 5.41) is 19.8. The van der Waals surface area contributed by atoms with E-state index in [1.54, 1.807) is 6.92 Å². The van der Waals surface area contributed by atoms with Crippen molar-refractivity contribution < 1.29 is 29.3 Å². The number of aliphatic hydroxyl groups is 2. The van der Waals surface area contributed by atoms with Crippen molar-refractivity contribution >= 4 is 11.9 Å². The smallest absolute Gasteiger partial charge is 0.339 e. The standard InChI is InChI=1S/C22H27N3O9/c1-4-10-24-20(30)23(3)21(31)25(22(24)32)11-15(27)13-34-19(29)17-9-7-6-8-16(17)18(28)33-12-14(26)5-2/h4,6-9,14-15,26-27H,1,5,10-13H2,2-3H3. The van der Waals surface area contributed by atoms with Crippen molar-refractivity contribution in [1.82, 2.24) is 13.7 Å². The van der Waals surface area contributed by atoms with Gasteiger partial charge in [0.1, 0.15) is 19.3 Å². The Morgan fingerprint density at radius 2 is 1.44 bits per heavy atom. The summed E-state index contributed by atoms with van der Waals surface area (Å²) in [6.07, 6.45) is -0.619. The molecule has 2 aromatic rings. The van der Waals surface area contributed by atoms with E-state index in [2.05, 4.69) is 6.58 Å². The van der Waals surface area contributed by atoms with Gasteiger partial charge in [-0.2, -0.15) is 0 Å². The number of carbonyl (C=O) groups is 2. The average molecular weight is 477 g/mol. The van der Waals surface area contributed by atoms with Gasteiger partial charge < -0.3 is 19.7 Å². The third-order valence-electron chi connectivity index (χ3n) is 4.85. The van der Waals surface area contributed by atoms with Crippen LogP contribution in [0.3, 0.4) is 0 Å². The van der Waals surface area contributed by atoms with Crippen LogP contribution >= 0.6 is 0 Å². The summed E-state index contributed by atoms with van der Waals surface area (Å²) in [5.41, 5.74) is -2.93. The van der Waals surface area contributed by atoms with Crippen LogP contribution in [0.2, 0.25) is 0 Å². The molecule has 2 atom stereocenters. The first-order valence-corrected chi connectivity index (χ1v) is 10.4. The molecule has 2 unspecified atom stereocenters. The highest BCUT2D eigenvalue weighted by Gasteiger charge is 2.22. The van der Waals surface area contributed by atoms with E-state index in [0.29, 0.717) is 15.6 Å². The van der Waals surface area contributed by atoms with Crippen LogP contribution in [0.1, 0.15) is 34.1 Å². The molecule has 0 spiro atoms. The molecule has 2 rings (SSSR count). The van der Waals surface area contributed by atoms with Gasteiger partial charge in [-0.1, -0.05) is 25.1 Å². The Morgan fingerprint density at radius 3 is 1.94 bits per heavy atom. The maximum atomic E-state index is 12.5. The molecule has 1 heterocycles. The maximum Gasteiger partial charge on any atom is 0.339 e. The minimum Gasteiger partial charge on any atom is -0.459 e. The first-order chi connectivity index (χ1) is 16.1. The number of nitrogens with zero attached hydrogens (tertiary/aromatic N) is 3. The lowest BCUT2D eigenvalue weighted by molar-refractivity contribution is 0.0188. The summed E-state index contributed by atoms with van der Waals surface area (Å²) in [6.45, 7) is 3.64. The van der Waals surface area contributed by atoms with Crippen molar-refractivity contribution in [2.75, 3.05) is 13.2 Å². The number of hydrogen-bond donors (Lipinski definition) is 2. The predicted molar refractivity (Wildman–Crippen MR) is 120 cm³/mol. The van der Waals surface area contributed by atoms with Crippen LogP contribution in [-0.4, -0.2) is 61.3 Å². The van der Waals surface area contributed by atoms with E-state index in [1.807, 2.05) is 0 Å². The van der Waals surface area contributed by atoms with E-state index in [9.17, 15) is 34.2 Å². The van der Waals surface area contributed by atoms with Crippen molar-refractivity contribution in [1.29, 1.82) is 0 Å².